The number of nitrogens with one attached hydrogen (secondary N) is 1. The lowest BCUT2D eigenvalue weighted by Gasteiger charge is -2.03. The fraction of sp³-hybridized carbons (Fsp3) is 0.0909. The maximum atomic E-state index is 11.3. The summed E-state index contributed by atoms with van der Waals surface area (Å²) >= 11 is 0. The van der Waals surface area contributed by atoms with Crippen LogP contribution >= 0.6 is 0 Å². The molecule has 0 atom stereocenters. The second kappa shape index (κ2) is 4.17. The Morgan fingerprint density at radius 1 is 1.47 bits per heavy atom. The Labute approximate surface area is 96.5 Å². The normalized spacial score (nSPS) is 10.2. The highest BCUT2D eigenvalue weighted by molar-refractivity contribution is 5.93. The number of aromatic nitrogens is 3. The van der Waals surface area contributed by atoms with Crippen molar-refractivity contribution in [3.05, 3.63) is 46.0 Å². The molecule has 1 amide bonds. The lowest BCUT2D eigenvalue weighted by atomic mass is 10.1. The minimum atomic E-state index is -0.769. The van der Waals surface area contributed by atoms with Crippen LogP contribution in [-0.4, -0.2) is 21.1 Å². The highest BCUT2D eigenvalue weighted by Crippen LogP contribution is 2.18. The molecule has 0 saturated heterocycles. The van der Waals surface area contributed by atoms with Crippen LogP contribution in [0, 0.1) is 6.92 Å². The number of hydrogen-bond acceptors (Lipinski definition) is 4. The number of aromatic amines is 1. The van der Waals surface area contributed by atoms with Gasteiger partial charge in [-0.3, -0.25) is 9.59 Å². The van der Waals surface area contributed by atoms with E-state index in [4.69, 9.17) is 5.73 Å². The van der Waals surface area contributed by atoms with Gasteiger partial charge in [0.25, 0.3) is 11.5 Å². The molecule has 6 heteroatoms. The molecule has 2 rings (SSSR count). The number of aryl methyl sites for hydroxylation is 1. The summed E-state index contributed by atoms with van der Waals surface area (Å²) in [7, 11) is 0. The van der Waals surface area contributed by atoms with E-state index in [-0.39, 0.29) is 5.56 Å². The van der Waals surface area contributed by atoms with Crippen molar-refractivity contribution in [2.75, 3.05) is 0 Å². The summed E-state index contributed by atoms with van der Waals surface area (Å²) in [6, 6.07) is 3.20. The Kier molecular flexibility index (Phi) is 2.70. The van der Waals surface area contributed by atoms with Crippen LogP contribution in [0.5, 0.6) is 0 Å². The molecule has 0 bridgehead atoms. The van der Waals surface area contributed by atoms with Gasteiger partial charge in [-0.1, -0.05) is 0 Å². The molecule has 0 unspecified atom stereocenters. The molecule has 86 valence electrons. The van der Waals surface area contributed by atoms with Crippen LogP contribution < -0.4 is 11.3 Å². The number of H-pyrrole nitrogens is 1. The quantitative estimate of drug-likeness (QED) is 0.771. The number of nitrogens with zero attached hydrogens (tertiary/aromatic N) is 2. The standard InChI is InChI=1S/C11H10N4O2/c1-6-2-3-14-15-9(6)7-4-8(10(12)16)11(17)13-5-7/h2-5H,1H3,(H2,12,16)(H,13,17). The van der Waals surface area contributed by atoms with Gasteiger partial charge in [0.05, 0.1) is 5.69 Å². The molecular weight excluding hydrogens is 220 g/mol. The second-order valence-corrected chi connectivity index (χ2v) is 3.56. The second-order valence-electron chi connectivity index (χ2n) is 3.56. The highest BCUT2D eigenvalue weighted by atomic mass is 16.2. The van der Waals surface area contributed by atoms with Crippen molar-refractivity contribution in [2.45, 2.75) is 6.92 Å². The summed E-state index contributed by atoms with van der Waals surface area (Å²) in [5.41, 5.74) is 6.60. The van der Waals surface area contributed by atoms with Crippen molar-refractivity contribution in [1.82, 2.24) is 15.2 Å². The molecule has 0 spiro atoms. The van der Waals surface area contributed by atoms with E-state index in [1.165, 1.54) is 12.3 Å². The average molecular weight is 230 g/mol. The topological polar surface area (TPSA) is 102 Å². The zero-order valence-electron chi connectivity index (χ0n) is 9.10. The van der Waals surface area contributed by atoms with Gasteiger partial charge in [-0.2, -0.15) is 10.2 Å². The smallest absolute Gasteiger partial charge is 0.260 e. The van der Waals surface area contributed by atoms with E-state index < -0.39 is 11.5 Å². The number of nitrogens with two attached hydrogens (primary N) is 1. The molecule has 0 aliphatic rings. The first-order chi connectivity index (χ1) is 8.09. The lowest BCUT2D eigenvalue weighted by Crippen LogP contribution is -2.23. The minimum Gasteiger partial charge on any atom is -0.365 e. The van der Waals surface area contributed by atoms with Crippen molar-refractivity contribution < 1.29 is 4.79 Å². The molecule has 0 radical (unpaired) electrons. The summed E-state index contributed by atoms with van der Waals surface area (Å²) in [5.74, 6) is -0.769. The van der Waals surface area contributed by atoms with Gasteiger partial charge in [0.1, 0.15) is 5.56 Å². The largest absolute Gasteiger partial charge is 0.365 e. The van der Waals surface area contributed by atoms with Gasteiger partial charge in [0.2, 0.25) is 0 Å². The molecule has 0 saturated carbocycles. The minimum absolute atomic E-state index is 0.0902. The van der Waals surface area contributed by atoms with Crippen LogP contribution in [0.4, 0.5) is 0 Å². The molecule has 0 aliphatic carbocycles. The molecule has 2 aromatic heterocycles. The van der Waals surface area contributed by atoms with Crippen molar-refractivity contribution in [2.24, 2.45) is 5.73 Å². The number of primary amides is 1. The van der Waals surface area contributed by atoms with Gasteiger partial charge in [0, 0.05) is 18.0 Å². The molecule has 0 fully saturated rings. The van der Waals surface area contributed by atoms with Crippen LogP contribution in [0.2, 0.25) is 0 Å². The zero-order chi connectivity index (χ0) is 12.4. The Balaban J connectivity index is 2.62. The molecule has 0 aliphatic heterocycles. The lowest BCUT2D eigenvalue weighted by molar-refractivity contribution is 0.0999. The van der Waals surface area contributed by atoms with E-state index >= 15 is 0 Å². The van der Waals surface area contributed by atoms with Crippen LogP contribution in [0.15, 0.2) is 29.3 Å². The van der Waals surface area contributed by atoms with E-state index in [9.17, 15) is 9.59 Å². The van der Waals surface area contributed by atoms with Crippen LogP contribution in [0.25, 0.3) is 11.3 Å². The van der Waals surface area contributed by atoms with Gasteiger partial charge >= 0.3 is 0 Å². The van der Waals surface area contributed by atoms with Crippen molar-refractivity contribution in [3.63, 3.8) is 0 Å². The maximum Gasteiger partial charge on any atom is 0.260 e. The molecule has 2 aromatic rings. The SMILES string of the molecule is Cc1ccnnc1-c1c[nH]c(=O)c(C(N)=O)c1. The number of carbonyl (C=O) groups excluding carboxylic acids is 1. The van der Waals surface area contributed by atoms with E-state index in [1.807, 2.05) is 6.92 Å². The number of amides is 1. The number of rotatable bonds is 2. The van der Waals surface area contributed by atoms with Gasteiger partial charge < -0.3 is 10.7 Å². The van der Waals surface area contributed by atoms with Crippen molar-refractivity contribution in [1.29, 1.82) is 0 Å². The Morgan fingerprint density at radius 2 is 2.24 bits per heavy atom. The number of pyridine rings is 1. The van der Waals surface area contributed by atoms with Gasteiger partial charge in [0.15, 0.2) is 0 Å². The highest BCUT2D eigenvalue weighted by Gasteiger charge is 2.10. The summed E-state index contributed by atoms with van der Waals surface area (Å²) in [4.78, 5) is 24.8. The molecule has 0 aromatic carbocycles. The maximum absolute atomic E-state index is 11.3. The predicted octanol–water partition coefficient (Wildman–Crippen LogP) is 0.239. The van der Waals surface area contributed by atoms with Crippen LogP contribution in [0.1, 0.15) is 15.9 Å². The first-order valence-electron chi connectivity index (χ1n) is 4.91. The van der Waals surface area contributed by atoms with Crippen molar-refractivity contribution >= 4 is 5.91 Å². The zero-order valence-corrected chi connectivity index (χ0v) is 9.10. The third-order valence-corrected chi connectivity index (χ3v) is 2.36. The Bertz CT molecular complexity index is 633. The fourth-order valence-electron chi connectivity index (χ4n) is 1.48. The third kappa shape index (κ3) is 2.05. The van der Waals surface area contributed by atoms with Crippen LogP contribution in [-0.2, 0) is 0 Å². The molecule has 2 heterocycles. The first kappa shape index (κ1) is 11.0. The molecule has 6 nitrogen and oxygen atoms in total. The van der Waals surface area contributed by atoms with Gasteiger partial charge in [-0.05, 0) is 24.6 Å². The monoisotopic (exact) mass is 230 g/mol. The van der Waals surface area contributed by atoms with Gasteiger partial charge in [-0.15, -0.1) is 0 Å². The Morgan fingerprint density at radius 3 is 2.88 bits per heavy atom. The first-order valence-corrected chi connectivity index (χ1v) is 4.91. The number of hydrogen-bond donors (Lipinski definition) is 2. The number of carbonyl (C=O) groups is 1. The molecule has 3 N–H and O–H groups in total. The Hall–Kier alpha value is -2.50. The molecular formula is C11H10N4O2. The summed E-state index contributed by atoms with van der Waals surface area (Å²) in [6.45, 7) is 1.86. The summed E-state index contributed by atoms with van der Waals surface area (Å²) < 4.78 is 0. The predicted molar refractivity (Wildman–Crippen MR) is 61.3 cm³/mol. The van der Waals surface area contributed by atoms with E-state index in [1.54, 1.807) is 12.3 Å². The van der Waals surface area contributed by atoms with E-state index in [0.717, 1.165) is 5.56 Å². The van der Waals surface area contributed by atoms with E-state index in [2.05, 4.69) is 15.2 Å². The van der Waals surface area contributed by atoms with Crippen LogP contribution in [0.3, 0.4) is 0 Å². The third-order valence-electron chi connectivity index (χ3n) is 2.36. The van der Waals surface area contributed by atoms with Crippen molar-refractivity contribution in [3.8, 4) is 11.3 Å². The summed E-state index contributed by atoms with van der Waals surface area (Å²) in [5, 5.41) is 7.72. The fourth-order valence-corrected chi connectivity index (χ4v) is 1.48. The van der Waals surface area contributed by atoms with E-state index in [0.29, 0.717) is 11.3 Å². The average Bonchev–Trinajstić information content (AvgIpc) is 2.30. The van der Waals surface area contributed by atoms with Gasteiger partial charge in [-0.25, -0.2) is 0 Å². The molecule has 17 heavy (non-hydrogen) atoms. The summed E-state index contributed by atoms with van der Waals surface area (Å²) in [6.07, 6.45) is 3.05.